The zero-order chi connectivity index (χ0) is 20.2. The zero-order valence-corrected chi connectivity index (χ0v) is 16.9. The molecule has 1 atom stereocenters. The summed E-state index contributed by atoms with van der Waals surface area (Å²) in [6.07, 6.45) is 2.54. The molecule has 154 valence electrons. The molecule has 1 saturated heterocycles. The van der Waals surface area contributed by atoms with Gasteiger partial charge in [-0.05, 0) is 36.6 Å². The molecule has 1 fully saturated rings. The standard InChI is InChI=1S/C22H27N3O4/c1-25-9-11-29-20-16(12-15-5-7-18(27-2)8-6-15)13-19(24-21(20)25)22(26)23-17-4-3-10-28-14-17/h5-8,13,17H,3-4,9-12,14H2,1-2H3,(H,23,26). The maximum absolute atomic E-state index is 12.9. The fourth-order valence-electron chi connectivity index (χ4n) is 3.70. The quantitative estimate of drug-likeness (QED) is 0.835. The summed E-state index contributed by atoms with van der Waals surface area (Å²) >= 11 is 0. The first-order valence-corrected chi connectivity index (χ1v) is 10.0. The van der Waals surface area contributed by atoms with Gasteiger partial charge in [-0.2, -0.15) is 0 Å². The zero-order valence-electron chi connectivity index (χ0n) is 16.9. The van der Waals surface area contributed by atoms with Gasteiger partial charge in [-0.25, -0.2) is 4.98 Å². The number of carbonyl (C=O) groups is 1. The maximum Gasteiger partial charge on any atom is 0.270 e. The molecule has 0 saturated carbocycles. The number of amides is 1. The monoisotopic (exact) mass is 397 g/mol. The average molecular weight is 397 g/mol. The number of likely N-dealkylation sites (N-methyl/N-ethyl adjacent to an activating group) is 1. The Morgan fingerprint density at radius 2 is 2.14 bits per heavy atom. The number of methoxy groups -OCH3 is 1. The minimum atomic E-state index is -0.168. The molecular weight excluding hydrogens is 370 g/mol. The number of aromatic nitrogens is 1. The maximum atomic E-state index is 12.9. The third kappa shape index (κ3) is 4.45. The molecular formula is C22H27N3O4. The topological polar surface area (TPSA) is 72.9 Å². The van der Waals surface area contributed by atoms with E-state index in [1.165, 1.54) is 0 Å². The van der Waals surface area contributed by atoms with E-state index >= 15 is 0 Å². The lowest BCUT2D eigenvalue weighted by atomic mass is 10.0. The summed E-state index contributed by atoms with van der Waals surface area (Å²) in [6.45, 7) is 2.66. The smallest absolute Gasteiger partial charge is 0.270 e. The van der Waals surface area contributed by atoms with Crippen LogP contribution in [0.15, 0.2) is 30.3 Å². The van der Waals surface area contributed by atoms with Gasteiger partial charge in [-0.3, -0.25) is 4.79 Å². The molecule has 2 aliphatic rings. The number of pyridine rings is 1. The Labute approximate surface area is 171 Å². The first-order chi connectivity index (χ1) is 14.1. The lowest BCUT2D eigenvalue weighted by molar-refractivity contribution is 0.0622. The van der Waals surface area contributed by atoms with Crippen LogP contribution < -0.4 is 19.7 Å². The molecule has 2 aromatic rings. The molecule has 2 aliphatic heterocycles. The fourth-order valence-corrected chi connectivity index (χ4v) is 3.70. The van der Waals surface area contributed by atoms with Gasteiger partial charge in [0, 0.05) is 25.6 Å². The molecule has 7 nitrogen and oxygen atoms in total. The van der Waals surface area contributed by atoms with Crippen molar-refractivity contribution in [1.82, 2.24) is 10.3 Å². The lowest BCUT2D eigenvalue weighted by Gasteiger charge is -2.29. The molecule has 29 heavy (non-hydrogen) atoms. The third-order valence-electron chi connectivity index (χ3n) is 5.35. The van der Waals surface area contributed by atoms with E-state index in [9.17, 15) is 4.79 Å². The number of anilines is 1. The van der Waals surface area contributed by atoms with Crippen LogP contribution in [0.4, 0.5) is 5.82 Å². The van der Waals surface area contributed by atoms with Crippen LogP contribution in [0.3, 0.4) is 0 Å². The summed E-state index contributed by atoms with van der Waals surface area (Å²) in [5, 5.41) is 3.06. The molecule has 4 rings (SSSR count). The van der Waals surface area contributed by atoms with Gasteiger partial charge in [0.15, 0.2) is 11.6 Å². The SMILES string of the molecule is COc1ccc(Cc2cc(C(=O)NC3CCCOC3)nc3c2OCCN3C)cc1. The number of ether oxygens (including phenoxy) is 3. The van der Waals surface area contributed by atoms with Gasteiger partial charge >= 0.3 is 0 Å². The summed E-state index contributed by atoms with van der Waals surface area (Å²) in [5.74, 6) is 2.12. The van der Waals surface area contributed by atoms with Crippen molar-refractivity contribution < 1.29 is 19.0 Å². The number of hydrogen-bond donors (Lipinski definition) is 1. The number of nitrogens with zero attached hydrogens (tertiary/aromatic N) is 2. The molecule has 1 N–H and O–H groups in total. The lowest BCUT2D eigenvalue weighted by Crippen LogP contribution is -2.41. The summed E-state index contributed by atoms with van der Waals surface area (Å²) in [7, 11) is 3.63. The van der Waals surface area contributed by atoms with Crippen LogP contribution in [-0.4, -0.2) is 57.5 Å². The highest BCUT2D eigenvalue weighted by molar-refractivity contribution is 5.93. The summed E-state index contributed by atoms with van der Waals surface area (Å²) in [6, 6.07) is 9.81. The minimum absolute atomic E-state index is 0.0353. The number of nitrogens with one attached hydrogen (secondary N) is 1. The summed E-state index contributed by atoms with van der Waals surface area (Å²) < 4.78 is 16.7. The Morgan fingerprint density at radius 1 is 1.31 bits per heavy atom. The summed E-state index contributed by atoms with van der Waals surface area (Å²) in [4.78, 5) is 19.5. The Bertz CT molecular complexity index is 863. The Kier molecular flexibility index (Phi) is 5.85. The molecule has 1 unspecified atom stereocenters. The van der Waals surface area contributed by atoms with Gasteiger partial charge in [0.1, 0.15) is 18.1 Å². The predicted octanol–water partition coefficient (Wildman–Crippen LogP) is 2.42. The number of fused-ring (bicyclic) bond motifs is 1. The van der Waals surface area contributed by atoms with E-state index in [4.69, 9.17) is 14.2 Å². The second kappa shape index (κ2) is 8.69. The Balaban J connectivity index is 1.62. The van der Waals surface area contributed by atoms with Crippen LogP contribution in [-0.2, 0) is 11.2 Å². The minimum Gasteiger partial charge on any atom is -0.497 e. The number of carbonyl (C=O) groups excluding carboxylic acids is 1. The van der Waals surface area contributed by atoms with E-state index < -0.39 is 0 Å². The van der Waals surface area contributed by atoms with Crippen molar-refractivity contribution in [3.05, 3.63) is 47.2 Å². The molecule has 0 aliphatic carbocycles. The molecule has 1 aromatic carbocycles. The van der Waals surface area contributed by atoms with E-state index in [1.54, 1.807) is 7.11 Å². The highest BCUT2D eigenvalue weighted by Crippen LogP contribution is 2.34. The van der Waals surface area contributed by atoms with Crippen LogP contribution in [0.1, 0.15) is 34.5 Å². The van der Waals surface area contributed by atoms with Gasteiger partial charge in [0.2, 0.25) is 0 Å². The number of benzene rings is 1. The Morgan fingerprint density at radius 3 is 2.86 bits per heavy atom. The third-order valence-corrected chi connectivity index (χ3v) is 5.35. The number of rotatable bonds is 5. The van der Waals surface area contributed by atoms with Crippen LogP contribution in [0, 0.1) is 0 Å². The van der Waals surface area contributed by atoms with E-state index in [2.05, 4.69) is 10.3 Å². The fraction of sp³-hybridized carbons (Fsp3) is 0.455. The van der Waals surface area contributed by atoms with Crippen molar-refractivity contribution in [3.63, 3.8) is 0 Å². The largest absolute Gasteiger partial charge is 0.497 e. The first kappa shape index (κ1) is 19.5. The van der Waals surface area contributed by atoms with Crippen LogP contribution in [0.2, 0.25) is 0 Å². The van der Waals surface area contributed by atoms with Gasteiger partial charge in [-0.15, -0.1) is 0 Å². The van der Waals surface area contributed by atoms with Crippen molar-refractivity contribution in [1.29, 1.82) is 0 Å². The number of hydrogen-bond acceptors (Lipinski definition) is 6. The van der Waals surface area contributed by atoms with Crippen LogP contribution in [0.5, 0.6) is 11.5 Å². The second-order valence-corrected chi connectivity index (χ2v) is 7.50. The molecule has 1 aromatic heterocycles. The highest BCUT2D eigenvalue weighted by atomic mass is 16.5. The summed E-state index contributed by atoms with van der Waals surface area (Å²) in [5.41, 5.74) is 2.48. The second-order valence-electron chi connectivity index (χ2n) is 7.50. The predicted molar refractivity (Wildman–Crippen MR) is 110 cm³/mol. The molecule has 1 amide bonds. The van der Waals surface area contributed by atoms with E-state index in [1.807, 2.05) is 42.3 Å². The van der Waals surface area contributed by atoms with Crippen molar-refractivity contribution >= 4 is 11.7 Å². The van der Waals surface area contributed by atoms with Gasteiger partial charge in [0.25, 0.3) is 5.91 Å². The first-order valence-electron chi connectivity index (χ1n) is 10.0. The molecule has 0 radical (unpaired) electrons. The normalized spacial score (nSPS) is 18.6. The molecule has 0 spiro atoms. The molecule has 3 heterocycles. The average Bonchev–Trinajstić information content (AvgIpc) is 2.75. The van der Waals surface area contributed by atoms with Crippen molar-refractivity contribution in [2.24, 2.45) is 0 Å². The van der Waals surface area contributed by atoms with Crippen molar-refractivity contribution in [2.75, 3.05) is 45.4 Å². The van der Waals surface area contributed by atoms with Crippen LogP contribution >= 0.6 is 0 Å². The van der Waals surface area contributed by atoms with E-state index in [0.717, 1.165) is 48.6 Å². The van der Waals surface area contributed by atoms with Crippen LogP contribution in [0.25, 0.3) is 0 Å². The molecule has 7 heteroatoms. The Hall–Kier alpha value is -2.80. The van der Waals surface area contributed by atoms with Crippen molar-refractivity contribution in [2.45, 2.75) is 25.3 Å². The van der Waals surface area contributed by atoms with Gasteiger partial charge in [0.05, 0.1) is 26.3 Å². The molecule has 0 bridgehead atoms. The van der Waals surface area contributed by atoms with Crippen molar-refractivity contribution in [3.8, 4) is 11.5 Å². The van der Waals surface area contributed by atoms with Gasteiger partial charge in [-0.1, -0.05) is 12.1 Å². The van der Waals surface area contributed by atoms with Gasteiger partial charge < -0.3 is 24.4 Å². The highest BCUT2D eigenvalue weighted by Gasteiger charge is 2.25. The van der Waals surface area contributed by atoms with E-state index in [0.29, 0.717) is 31.1 Å². The van der Waals surface area contributed by atoms with E-state index in [-0.39, 0.29) is 11.9 Å².